The lowest BCUT2D eigenvalue weighted by atomic mass is 10.1. The van der Waals surface area contributed by atoms with Gasteiger partial charge in [-0.2, -0.15) is 0 Å². The maximum Gasteiger partial charge on any atom is 0.303 e. The summed E-state index contributed by atoms with van der Waals surface area (Å²) < 4.78 is 0. The summed E-state index contributed by atoms with van der Waals surface area (Å²) in [4.78, 5) is 20.6. The molecule has 2 unspecified atom stereocenters. The molecular formula is C18H26O6. The van der Waals surface area contributed by atoms with Gasteiger partial charge in [0.05, 0.1) is 12.2 Å². The van der Waals surface area contributed by atoms with Crippen molar-refractivity contribution in [1.29, 1.82) is 0 Å². The molecule has 0 aliphatic heterocycles. The average molecular weight is 338 g/mol. The van der Waals surface area contributed by atoms with E-state index in [4.69, 9.17) is 10.2 Å². The fourth-order valence-corrected chi connectivity index (χ4v) is 1.71. The van der Waals surface area contributed by atoms with Gasteiger partial charge >= 0.3 is 11.9 Å². The molecule has 0 aromatic rings. The smallest absolute Gasteiger partial charge is 0.303 e. The van der Waals surface area contributed by atoms with Gasteiger partial charge in [0.25, 0.3) is 0 Å². The molecule has 24 heavy (non-hydrogen) atoms. The SMILES string of the molecule is O=C(O)CC/C=C/CC(O)/C=C/C=C/C=C/C(O)CCCC(=O)O. The zero-order valence-corrected chi connectivity index (χ0v) is 13.6. The van der Waals surface area contributed by atoms with Crippen LogP contribution >= 0.6 is 0 Å². The molecule has 0 spiro atoms. The van der Waals surface area contributed by atoms with Crippen LogP contribution in [0.25, 0.3) is 0 Å². The number of carbonyl (C=O) groups is 2. The van der Waals surface area contributed by atoms with Gasteiger partial charge in [-0.15, -0.1) is 0 Å². The topological polar surface area (TPSA) is 115 Å². The van der Waals surface area contributed by atoms with Gasteiger partial charge in [-0.1, -0.05) is 48.6 Å². The Morgan fingerprint density at radius 2 is 1.38 bits per heavy atom. The number of carboxylic acids is 2. The number of aliphatic hydroxyl groups is 2. The molecule has 0 heterocycles. The van der Waals surface area contributed by atoms with Gasteiger partial charge in [-0.05, 0) is 25.7 Å². The monoisotopic (exact) mass is 338 g/mol. The number of rotatable bonds is 13. The number of carboxylic acid groups (broad SMARTS) is 2. The van der Waals surface area contributed by atoms with Crippen molar-refractivity contribution < 1.29 is 30.0 Å². The number of hydrogen-bond donors (Lipinski definition) is 4. The van der Waals surface area contributed by atoms with Gasteiger partial charge in [-0.3, -0.25) is 9.59 Å². The predicted molar refractivity (Wildman–Crippen MR) is 91.5 cm³/mol. The Morgan fingerprint density at radius 3 is 1.96 bits per heavy atom. The second-order valence-electron chi connectivity index (χ2n) is 5.21. The Balaban J connectivity index is 3.87. The van der Waals surface area contributed by atoms with Crippen LogP contribution in [0.15, 0.2) is 48.6 Å². The minimum absolute atomic E-state index is 0.0477. The van der Waals surface area contributed by atoms with Gasteiger partial charge in [-0.25, -0.2) is 0 Å². The third-order valence-electron chi connectivity index (χ3n) is 2.96. The van der Waals surface area contributed by atoms with Gasteiger partial charge in [0.1, 0.15) is 0 Å². The van der Waals surface area contributed by atoms with Crippen molar-refractivity contribution in [3.05, 3.63) is 48.6 Å². The largest absolute Gasteiger partial charge is 0.481 e. The van der Waals surface area contributed by atoms with Crippen molar-refractivity contribution in [3.8, 4) is 0 Å². The van der Waals surface area contributed by atoms with Crippen molar-refractivity contribution in [1.82, 2.24) is 0 Å². The van der Waals surface area contributed by atoms with E-state index in [-0.39, 0.29) is 12.8 Å². The highest BCUT2D eigenvalue weighted by Gasteiger charge is 2.01. The number of hydrogen-bond acceptors (Lipinski definition) is 4. The first-order valence-corrected chi connectivity index (χ1v) is 7.88. The molecule has 0 amide bonds. The molecule has 0 aromatic carbocycles. The first-order chi connectivity index (χ1) is 11.4. The molecular weight excluding hydrogens is 312 g/mol. The van der Waals surface area contributed by atoms with Gasteiger partial charge in [0.15, 0.2) is 0 Å². The first-order valence-electron chi connectivity index (χ1n) is 7.88. The summed E-state index contributed by atoms with van der Waals surface area (Å²) in [6.45, 7) is 0. The average Bonchev–Trinajstić information content (AvgIpc) is 2.49. The number of aliphatic hydroxyl groups excluding tert-OH is 2. The van der Waals surface area contributed by atoms with Crippen LogP contribution in [-0.4, -0.2) is 44.6 Å². The lowest BCUT2D eigenvalue weighted by Gasteiger charge is -2.02. The maximum atomic E-state index is 10.3. The third-order valence-corrected chi connectivity index (χ3v) is 2.96. The standard InChI is InChI=1S/C18H26O6/c19-15(11-6-3-7-13-17(21)22)9-4-1-2-5-10-16(20)12-8-14-18(23)24/h1-6,9-10,15-16,19-20H,7-8,11-14H2,(H,21,22)(H,23,24)/b2-1+,6-3+,9-4+,10-5+. The molecule has 0 aliphatic carbocycles. The predicted octanol–water partition coefficient (Wildman–Crippen LogP) is 2.44. The number of allylic oxidation sites excluding steroid dienone is 5. The summed E-state index contributed by atoms with van der Waals surface area (Å²) in [6, 6.07) is 0. The van der Waals surface area contributed by atoms with Crippen LogP contribution in [0.5, 0.6) is 0 Å². The van der Waals surface area contributed by atoms with E-state index in [1.165, 1.54) is 0 Å². The second-order valence-corrected chi connectivity index (χ2v) is 5.21. The molecule has 2 atom stereocenters. The summed E-state index contributed by atoms with van der Waals surface area (Å²) in [5, 5.41) is 36.2. The van der Waals surface area contributed by atoms with Crippen molar-refractivity contribution in [3.63, 3.8) is 0 Å². The van der Waals surface area contributed by atoms with E-state index < -0.39 is 24.1 Å². The summed E-state index contributed by atoms with van der Waals surface area (Å²) in [6.07, 6.45) is 13.9. The molecule has 0 radical (unpaired) electrons. The Hall–Kier alpha value is -2.18. The Morgan fingerprint density at radius 1 is 0.792 bits per heavy atom. The maximum absolute atomic E-state index is 10.3. The Bertz CT molecular complexity index is 476. The van der Waals surface area contributed by atoms with E-state index in [0.29, 0.717) is 25.7 Å². The van der Waals surface area contributed by atoms with Crippen LogP contribution in [0, 0.1) is 0 Å². The molecule has 0 aliphatic rings. The van der Waals surface area contributed by atoms with Crippen molar-refractivity contribution in [2.75, 3.05) is 0 Å². The van der Waals surface area contributed by atoms with E-state index in [1.807, 2.05) is 0 Å². The Kier molecular flexibility index (Phi) is 13.1. The first kappa shape index (κ1) is 21.8. The summed E-state index contributed by atoms with van der Waals surface area (Å²) in [7, 11) is 0. The van der Waals surface area contributed by atoms with E-state index in [0.717, 1.165) is 0 Å². The van der Waals surface area contributed by atoms with E-state index in [2.05, 4.69) is 0 Å². The minimum Gasteiger partial charge on any atom is -0.481 e. The van der Waals surface area contributed by atoms with Crippen LogP contribution in [-0.2, 0) is 9.59 Å². The normalized spacial score (nSPS) is 14.9. The summed E-state index contributed by atoms with van der Waals surface area (Å²) in [5.41, 5.74) is 0. The summed E-state index contributed by atoms with van der Waals surface area (Å²) in [5.74, 6) is -1.71. The highest BCUT2D eigenvalue weighted by Crippen LogP contribution is 2.02. The quantitative estimate of drug-likeness (QED) is 0.303. The number of aliphatic carboxylic acids is 2. The van der Waals surface area contributed by atoms with Gasteiger partial charge in [0.2, 0.25) is 0 Å². The highest BCUT2D eigenvalue weighted by atomic mass is 16.4. The lowest BCUT2D eigenvalue weighted by Crippen LogP contribution is -2.03. The van der Waals surface area contributed by atoms with E-state index >= 15 is 0 Å². The van der Waals surface area contributed by atoms with Crippen LogP contribution in [0.3, 0.4) is 0 Å². The molecule has 0 saturated carbocycles. The highest BCUT2D eigenvalue weighted by molar-refractivity contribution is 5.67. The van der Waals surface area contributed by atoms with Crippen LogP contribution in [0.1, 0.15) is 38.5 Å². The van der Waals surface area contributed by atoms with Crippen LogP contribution in [0.2, 0.25) is 0 Å². The minimum atomic E-state index is -0.869. The lowest BCUT2D eigenvalue weighted by molar-refractivity contribution is -0.138. The zero-order valence-electron chi connectivity index (χ0n) is 13.6. The van der Waals surface area contributed by atoms with E-state index in [9.17, 15) is 19.8 Å². The van der Waals surface area contributed by atoms with Crippen molar-refractivity contribution in [2.45, 2.75) is 50.7 Å². The summed E-state index contributed by atoms with van der Waals surface area (Å²) >= 11 is 0. The molecule has 0 rings (SSSR count). The molecule has 0 saturated heterocycles. The fraction of sp³-hybridized carbons (Fsp3) is 0.444. The molecule has 134 valence electrons. The fourth-order valence-electron chi connectivity index (χ4n) is 1.71. The molecule has 0 fully saturated rings. The van der Waals surface area contributed by atoms with E-state index in [1.54, 1.807) is 48.6 Å². The third kappa shape index (κ3) is 16.2. The van der Waals surface area contributed by atoms with Gasteiger partial charge in [0, 0.05) is 12.8 Å². The second kappa shape index (κ2) is 14.4. The molecule has 4 N–H and O–H groups in total. The zero-order chi connectivity index (χ0) is 18.2. The molecule has 6 heteroatoms. The van der Waals surface area contributed by atoms with Crippen LogP contribution < -0.4 is 0 Å². The van der Waals surface area contributed by atoms with Gasteiger partial charge < -0.3 is 20.4 Å². The molecule has 0 aromatic heterocycles. The van der Waals surface area contributed by atoms with Crippen molar-refractivity contribution >= 4 is 11.9 Å². The van der Waals surface area contributed by atoms with Crippen molar-refractivity contribution in [2.24, 2.45) is 0 Å². The van der Waals surface area contributed by atoms with Crippen LogP contribution in [0.4, 0.5) is 0 Å². The molecule has 0 bridgehead atoms. The molecule has 6 nitrogen and oxygen atoms in total. The Labute approximate surface area is 142 Å².